The molecule has 2 nitrogen and oxygen atoms in total. The Morgan fingerprint density at radius 1 is 0.905 bits per heavy atom. The lowest BCUT2D eigenvalue weighted by Crippen LogP contribution is -2.50. The van der Waals surface area contributed by atoms with Crippen molar-refractivity contribution in [1.29, 1.82) is 0 Å². The summed E-state index contributed by atoms with van der Waals surface area (Å²) >= 11 is 0. The number of anilines is 1. The molecule has 0 bridgehead atoms. The molecule has 0 amide bonds. The average molecular weight is 279 g/mol. The molecule has 0 aromatic heterocycles. The Hall–Kier alpha value is -2.09. The summed E-state index contributed by atoms with van der Waals surface area (Å²) in [4.78, 5) is 12.7. The minimum absolute atomic E-state index is 0.349. The van der Waals surface area contributed by atoms with Gasteiger partial charge in [-0.25, -0.2) is 0 Å². The van der Waals surface area contributed by atoms with Crippen molar-refractivity contribution in [3.05, 3.63) is 66.2 Å². The molecule has 2 aromatic carbocycles. The third-order valence-electron chi connectivity index (χ3n) is 4.30. The molecule has 2 heteroatoms. The molecule has 1 N–H and O–H groups in total. The van der Waals surface area contributed by atoms with Gasteiger partial charge in [0.15, 0.2) is 5.78 Å². The number of hydrogen-bond acceptors (Lipinski definition) is 2. The van der Waals surface area contributed by atoms with E-state index >= 15 is 0 Å². The molecule has 108 valence electrons. The normalized spacial score (nSPS) is 22.0. The van der Waals surface area contributed by atoms with Gasteiger partial charge in [0.05, 0.1) is 0 Å². The quantitative estimate of drug-likeness (QED) is 0.907. The monoisotopic (exact) mass is 279 g/mol. The lowest BCUT2D eigenvalue weighted by molar-refractivity contribution is -0.125. The van der Waals surface area contributed by atoms with Crippen molar-refractivity contribution in [2.24, 2.45) is 0 Å². The number of carbonyl (C=O) groups excluding carboxylic acids is 1. The van der Waals surface area contributed by atoms with E-state index in [2.05, 4.69) is 17.4 Å². The van der Waals surface area contributed by atoms with Gasteiger partial charge in [-0.3, -0.25) is 4.79 Å². The molecule has 1 aliphatic carbocycles. The fourth-order valence-electron chi connectivity index (χ4n) is 3.20. The van der Waals surface area contributed by atoms with E-state index in [1.165, 1.54) is 5.56 Å². The molecule has 1 saturated carbocycles. The van der Waals surface area contributed by atoms with Gasteiger partial charge >= 0.3 is 0 Å². The van der Waals surface area contributed by atoms with E-state index < -0.39 is 5.54 Å². The summed E-state index contributed by atoms with van der Waals surface area (Å²) in [5, 5.41) is 3.54. The van der Waals surface area contributed by atoms with Gasteiger partial charge in [-0.05, 0) is 30.5 Å². The van der Waals surface area contributed by atoms with Crippen LogP contribution in [-0.4, -0.2) is 11.3 Å². The highest BCUT2D eigenvalue weighted by atomic mass is 16.1. The number of rotatable bonds is 4. The number of carbonyl (C=O) groups is 1. The van der Waals surface area contributed by atoms with E-state index in [1.807, 2.05) is 48.5 Å². The molecular formula is C19H21NO. The molecule has 0 radical (unpaired) electrons. The molecule has 0 aliphatic heterocycles. The summed E-state index contributed by atoms with van der Waals surface area (Å²) < 4.78 is 0. The highest BCUT2D eigenvalue weighted by Crippen LogP contribution is 2.32. The zero-order valence-electron chi connectivity index (χ0n) is 12.2. The van der Waals surface area contributed by atoms with Gasteiger partial charge in [0.25, 0.3) is 0 Å². The highest BCUT2D eigenvalue weighted by Gasteiger charge is 2.39. The predicted octanol–water partition coefficient (Wildman–Crippen LogP) is 4.22. The molecular weight excluding hydrogens is 258 g/mol. The standard InChI is InChI=1S/C19H21NO/c21-18-13-7-8-14-19(18,15-16-9-3-1-4-10-16)20-17-11-5-2-6-12-17/h1-6,9-12,20H,7-8,13-15H2. The van der Waals surface area contributed by atoms with Crippen molar-refractivity contribution in [3.8, 4) is 0 Å². The second kappa shape index (κ2) is 6.13. The van der Waals surface area contributed by atoms with Gasteiger partial charge < -0.3 is 5.32 Å². The maximum Gasteiger partial charge on any atom is 0.158 e. The van der Waals surface area contributed by atoms with Crippen LogP contribution >= 0.6 is 0 Å². The number of nitrogens with one attached hydrogen (secondary N) is 1. The topological polar surface area (TPSA) is 29.1 Å². The van der Waals surface area contributed by atoms with E-state index in [0.717, 1.165) is 31.4 Å². The molecule has 1 atom stereocenters. The van der Waals surface area contributed by atoms with Gasteiger partial charge in [-0.1, -0.05) is 55.0 Å². The van der Waals surface area contributed by atoms with Crippen molar-refractivity contribution in [1.82, 2.24) is 0 Å². The van der Waals surface area contributed by atoms with Crippen LogP contribution in [0.1, 0.15) is 31.2 Å². The summed E-state index contributed by atoms with van der Waals surface area (Å²) in [5.41, 5.74) is 1.81. The first-order valence-corrected chi connectivity index (χ1v) is 7.69. The van der Waals surface area contributed by atoms with Crippen molar-refractivity contribution in [3.63, 3.8) is 0 Å². The van der Waals surface area contributed by atoms with Gasteiger partial charge in [0.2, 0.25) is 0 Å². The van der Waals surface area contributed by atoms with E-state index in [9.17, 15) is 4.79 Å². The molecule has 1 aliphatic rings. The number of benzene rings is 2. The predicted molar refractivity (Wildman–Crippen MR) is 86.4 cm³/mol. The van der Waals surface area contributed by atoms with E-state index in [-0.39, 0.29) is 0 Å². The Morgan fingerprint density at radius 3 is 2.24 bits per heavy atom. The molecule has 1 unspecified atom stereocenters. The first kappa shape index (κ1) is 13.9. The largest absolute Gasteiger partial charge is 0.373 e. The van der Waals surface area contributed by atoms with Crippen LogP contribution in [0, 0.1) is 0 Å². The van der Waals surface area contributed by atoms with Crippen molar-refractivity contribution in [2.45, 2.75) is 37.6 Å². The Balaban J connectivity index is 1.89. The molecule has 0 spiro atoms. The molecule has 0 saturated heterocycles. The van der Waals surface area contributed by atoms with Crippen molar-refractivity contribution in [2.75, 3.05) is 5.32 Å². The molecule has 21 heavy (non-hydrogen) atoms. The fraction of sp³-hybridized carbons (Fsp3) is 0.316. The zero-order valence-corrected chi connectivity index (χ0v) is 12.2. The second-order valence-corrected chi connectivity index (χ2v) is 5.87. The van der Waals surface area contributed by atoms with Crippen LogP contribution in [0.5, 0.6) is 0 Å². The molecule has 0 heterocycles. The Morgan fingerprint density at radius 2 is 1.57 bits per heavy atom. The Bertz CT molecular complexity index is 550. The van der Waals surface area contributed by atoms with Crippen LogP contribution in [0.2, 0.25) is 0 Å². The summed E-state index contributed by atoms with van der Waals surface area (Å²) in [5.74, 6) is 0.349. The van der Waals surface area contributed by atoms with Gasteiger partial charge in [-0.2, -0.15) is 0 Å². The summed E-state index contributed by atoms with van der Waals surface area (Å²) in [6.45, 7) is 0. The number of hydrogen-bond donors (Lipinski definition) is 1. The first-order valence-electron chi connectivity index (χ1n) is 7.69. The highest BCUT2D eigenvalue weighted by molar-refractivity contribution is 5.92. The zero-order chi connectivity index (χ0) is 14.5. The fourth-order valence-corrected chi connectivity index (χ4v) is 3.20. The van der Waals surface area contributed by atoms with Gasteiger partial charge in [0.1, 0.15) is 5.54 Å². The molecule has 1 fully saturated rings. The maximum absolute atomic E-state index is 12.7. The van der Waals surface area contributed by atoms with Crippen LogP contribution in [0.4, 0.5) is 5.69 Å². The molecule has 2 aromatic rings. The van der Waals surface area contributed by atoms with Crippen LogP contribution in [0.15, 0.2) is 60.7 Å². The Kier molecular flexibility index (Phi) is 4.05. The molecule has 3 rings (SSSR count). The van der Waals surface area contributed by atoms with Crippen molar-refractivity contribution < 1.29 is 4.79 Å². The maximum atomic E-state index is 12.7. The van der Waals surface area contributed by atoms with Gasteiger partial charge in [0, 0.05) is 18.5 Å². The summed E-state index contributed by atoms with van der Waals surface area (Å²) in [6, 6.07) is 20.4. The SMILES string of the molecule is O=C1CCCCC1(Cc1ccccc1)Nc1ccccc1. The van der Waals surface area contributed by atoms with Crippen LogP contribution < -0.4 is 5.32 Å². The summed E-state index contributed by atoms with van der Waals surface area (Å²) in [6.07, 6.45) is 4.49. The lowest BCUT2D eigenvalue weighted by Gasteiger charge is -2.37. The lowest BCUT2D eigenvalue weighted by atomic mass is 9.76. The van der Waals surface area contributed by atoms with E-state index in [1.54, 1.807) is 0 Å². The third-order valence-corrected chi connectivity index (χ3v) is 4.30. The van der Waals surface area contributed by atoms with Gasteiger partial charge in [-0.15, -0.1) is 0 Å². The van der Waals surface area contributed by atoms with E-state index in [4.69, 9.17) is 0 Å². The Labute approximate surface area is 126 Å². The smallest absolute Gasteiger partial charge is 0.158 e. The average Bonchev–Trinajstić information content (AvgIpc) is 2.52. The minimum Gasteiger partial charge on any atom is -0.373 e. The minimum atomic E-state index is -0.443. The second-order valence-electron chi connectivity index (χ2n) is 5.87. The number of Topliss-reactive ketones (excluding diaryl/α,β-unsaturated/α-hetero) is 1. The number of para-hydroxylation sites is 1. The van der Waals surface area contributed by atoms with Crippen LogP contribution in [-0.2, 0) is 11.2 Å². The van der Waals surface area contributed by atoms with Crippen LogP contribution in [0.25, 0.3) is 0 Å². The van der Waals surface area contributed by atoms with E-state index in [0.29, 0.717) is 12.2 Å². The third kappa shape index (κ3) is 3.15. The summed E-state index contributed by atoms with van der Waals surface area (Å²) in [7, 11) is 0. The van der Waals surface area contributed by atoms with Crippen LogP contribution in [0.3, 0.4) is 0 Å². The van der Waals surface area contributed by atoms with Crippen molar-refractivity contribution >= 4 is 11.5 Å². The first-order chi connectivity index (χ1) is 10.3. The number of ketones is 1.